The summed E-state index contributed by atoms with van der Waals surface area (Å²) in [6.07, 6.45) is -0.139. The van der Waals surface area contributed by atoms with Crippen LogP contribution in [0.15, 0.2) is 0 Å². The minimum Gasteiger partial charge on any atom is -0.444 e. The summed E-state index contributed by atoms with van der Waals surface area (Å²) in [6.45, 7) is 6.94. The quantitative estimate of drug-likeness (QED) is 0.764. The predicted octanol–water partition coefficient (Wildman–Crippen LogP) is 0.934. The number of rotatable bonds is 6. The summed E-state index contributed by atoms with van der Waals surface area (Å²) in [4.78, 5) is 13.7. The van der Waals surface area contributed by atoms with Crippen LogP contribution < -0.4 is 5.32 Å². The van der Waals surface area contributed by atoms with Gasteiger partial charge in [-0.1, -0.05) is 0 Å². The number of aliphatic hydroxyl groups excluding tert-OH is 1. The van der Waals surface area contributed by atoms with E-state index in [9.17, 15) is 14.3 Å². The number of aliphatic hydroxyl groups is 1. The lowest BCUT2D eigenvalue weighted by molar-refractivity contribution is -0.0908. The number of carbonyl (C=O) groups excluding carboxylic acids is 1. The summed E-state index contributed by atoms with van der Waals surface area (Å²) in [5, 5.41) is 12.4. The number of amides is 1. The molecule has 0 aromatic heterocycles. The van der Waals surface area contributed by atoms with Gasteiger partial charge in [-0.05, 0) is 27.2 Å². The van der Waals surface area contributed by atoms with Crippen LogP contribution in [0.5, 0.6) is 0 Å². The second-order valence-corrected chi connectivity index (χ2v) is 6.32. The van der Waals surface area contributed by atoms with E-state index >= 15 is 0 Å². The van der Waals surface area contributed by atoms with Crippen LogP contribution in [0.25, 0.3) is 0 Å². The molecule has 0 aliphatic carbocycles. The number of morpholine rings is 1. The lowest BCUT2D eigenvalue weighted by Gasteiger charge is -2.45. The van der Waals surface area contributed by atoms with Crippen molar-refractivity contribution in [1.29, 1.82) is 0 Å². The van der Waals surface area contributed by atoms with Gasteiger partial charge in [0, 0.05) is 19.6 Å². The molecule has 0 radical (unpaired) electrons. The molecule has 1 rings (SSSR count). The topological polar surface area (TPSA) is 71.0 Å². The van der Waals surface area contributed by atoms with E-state index in [0.29, 0.717) is 32.7 Å². The Kier molecular flexibility index (Phi) is 6.83. The number of carbonyl (C=O) groups is 1. The smallest absolute Gasteiger partial charge is 0.407 e. The number of hydrogen-bond acceptors (Lipinski definition) is 5. The fourth-order valence-corrected chi connectivity index (χ4v) is 2.28. The number of alkyl carbamates (subject to hydrolysis) is 1. The molecule has 0 aromatic carbocycles. The molecule has 1 aliphatic heterocycles. The highest BCUT2D eigenvalue weighted by atomic mass is 19.1. The van der Waals surface area contributed by atoms with Gasteiger partial charge >= 0.3 is 6.09 Å². The highest BCUT2D eigenvalue weighted by Crippen LogP contribution is 2.20. The Morgan fingerprint density at radius 1 is 1.52 bits per heavy atom. The van der Waals surface area contributed by atoms with Gasteiger partial charge in [-0.15, -0.1) is 0 Å². The first kappa shape index (κ1) is 18.1. The fraction of sp³-hybridized carbons (Fsp3) is 0.929. The monoisotopic (exact) mass is 306 g/mol. The molecule has 0 saturated carbocycles. The van der Waals surface area contributed by atoms with Gasteiger partial charge in [-0.2, -0.15) is 0 Å². The van der Waals surface area contributed by atoms with Crippen LogP contribution in [0, 0.1) is 0 Å². The van der Waals surface area contributed by atoms with Crippen LogP contribution >= 0.6 is 0 Å². The molecule has 21 heavy (non-hydrogen) atoms. The molecular formula is C14H27FN2O4. The van der Waals surface area contributed by atoms with E-state index < -0.39 is 23.9 Å². The summed E-state index contributed by atoms with van der Waals surface area (Å²) in [6, 6.07) is 0. The molecule has 1 atom stereocenters. The Balaban J connectivity index is 2.61. The van der Waals surface area contributed by atoms with Crippen LogP contribution in [0.1, 0.15) is 27.2 Å². The summed E-state index contributed by atoms with van der Waals surface area (Å²) >= 11 is 0. The Labute approximate surface area is 125 Å². The van der Waals surface area contributed by atoms with E-state index in [1.54, 1.807) is 20.8 Å². The lowest BCUT2D eigenvalue weighted by Crippen LogP contribution is -2.64. The number of ether oxygens (including phenoxy) is 2. The number of nitrogens with zero attached hydrogens (tertiary/aromatic N) is 1. The fourth-order valence-electron chi connectivity index (χ4n) is 2.28. The molecule has 1 unspecified atom stereocenters. The van der Waals surface area contributed by atoms with Crippen LogP contribution in [0.4, 0.5) is 9.18 Å². The highest BCUT2D eigenvalue weighted by Gasteiger charge is 2.39. The van der Waals surface area contributed by atoms with E-state index in [4.69, 9.17) is 9.47 Å². The van der Waals surface area contributed by atoms with Crippen LogP contribution in [0.3, 0.4) is 0 Å². The Morgan fingerprint density at radius 3 is 2.81 bits per heavy atom. The third-order valence-electron chi connectivity index (χ3n) is 3.36. The van der Waals surface area contributed by atoms with Crippen molar-refractivity contribution in [1.82, 2.24) is 10.2 Å². The van der Waals surface area contributed by atoms with Crippen molar-refractivity contribution >= 4 is 6.09 Å². The standard InChI is InChI=1S/C14H27FN2O4/c1-13(2,3)21-12(19)16-9-14(10-18)11-20-8-7-17(14)6-4-5-15/h18H,4-11H2,1-3H3,(H,16,19). The van der Waals surface area contributed by atoms with E-state index in [1.807, 2.05) is 4.90 Å². The molecule has 6 nitrogen and oxygen atoms in total. The lowest BCUT2D eigenvalue weighted by atomic mass is 9.97. The zero-order valence-electron chi connectivity index (χ0n) is 13.2. The molecule has 1 saturated heterocycles. The second kappa shape index (κ2) is 7.91. The zero-order chi connectivity index (χ0) is 15.9. The van der Waals surface area contributed by atoms with Gasteiger partial charge < -0.3 is 19.9 Å². The van der Waals surface area contributed by atoms with Crippen molar-refractivity contribution in [3.63, 3.8) is 0 Å². The van der Waals surface area contributed by atoms with Gasteiger partial charge in [-0.3, -0.25) is 9.29 Å². The number of nitrogens with one attached hydrogen (secondary N) is 1. The average molecular weight is 306 g/mol. The summed E-state index contributed by atoms with van der Waals surface area (Å²) < 4.78 is 23.0. The molecule has 1 fully saturated rings. The van der Waals surface area contributed by atoms with E-state index in [0.717, 1.165) is 0 Å². The van der Waals surface area contributed by atoms with Gasteiger partial charge in [0.25, 0.3) is 0 Å². The normalized spacial score (nSPS) is 23.9. The number of alkyl halides is 1. The first-order chi connectivity index (χ1) is 9.83. The zero-order valence-corrected chi connectivity index (χ0v) is 13.2. The number of hydrogen-bond donors (Lipinski definition) is 2. The van der Waals surface area contributed by atoms with Gasteiger partial charge in [0.15, 0.2) is 0 Å². The van der Waals surface area contributed by atoms with Gasteiger partial charge in [-0.25, -0.2) is 4.79 Å². The largest absolute Gasteiger partial charge is 0.444 e. The molecule has 0 spiro atoms. The maximum Gasteiger partial charge on any atom is 0.407 e. The SMILES string of the molecule is CC(C)(C)OC(=O)NCC1(CO)COCCN1CCCF. The average Bonchev–Trinajstić information content (AvgIpc) is 2.42. The second-order valence-electron chi connectivity index (χ2n) is 6.32. The third-order valence-corrected chi connectivity index (χ3v) is 3.36. The van der Waals surface area contributed by atoms with E-state index in [2.05, 4.69) is 5.32 Å². The van der Waals surface area contributed by atoms with Gasteiger partial charge in [0.05, 0.1) is 32.0 Å². The molecule has 7 heteroatoms. The first-order valence-corrected chi connectivity index (χ1v) is 7.29. The highest BCUT2D eigenvalue weighted by molar-refractivity contribution is 5.67. The van der Waals surface area contributed by atoms with E-state index in [-0.39, 0.29) is 13.2 Å². The molecule has 1 heterocycles. The van der Waals surface area contributed by atoms with Crippen molar-refractivity contribution in [2.75, 3.05) is 46.1 Å². The maximum atomic E-state index is 12.4. The van der Waals surface area contributed by atoms with Crippen molar-refractivity contribution in [2.24, 2.45) is 0 Å². The van der Waals surface area contributed by atoms with Crippen molar-refractivity contribution in [3.8, 4) is 0 Å². The molecule has 1 amide bonds. The van der Waals surface area contributed by atoms with Crippen molar-refractivity contribution in [2.45, 2.75) is 38.3 Å². The van der Waals surface area contributed by atoms with Crippen molar-refractivity contribution < 1.29 is 23.8 Å². The minimum atomic E-state index is -0.718. The van der Waals surface area contributed by atoms with Gasteiger partial charge in [0.2, 0.25) is 0 Å². The predicted molar refractivity (Wildman–Crippen MR) is 77.0 cm³/mol. The Bertz CT molecular complexity index is 335. The van der Waals surface area contributed by atoms with Crippen LogP contribution in [-0.4, -0.2) is 73.4 Å². The van der Waals surface area contributed by atoms with Gasteiger partial charge in [0.1, 0.15) is 5.60 Å². The summed E-state index contributed by atoms with van der Waals surface area (Å²) in [5.41, 5.74) is -1.29. The third kappa shape index (κ3) is 5.76. The molecular weight excluding hydrogens is 279 g/mol. The van der Waals surface area contributed by atoms with E-state index in [1.165, 1.54) is 0 Å². The molecule has 1 aliphatic rings. The molecule has 124 valence electrons. The van der Waals surface area contributed by atoms with Crippen molar-refractivity contribution in [3.05, 3.63) is 0 Å². The molecule has 0 aromatic rings. The number of halogens is 1. The molecule has 2 N–H and O–H groups in total. The Morgan fingerprint density at radius 2 is 2.24 bits per heavy atom. The Hall–Kier alpha value is -0.920. The minimum absolute atomic E-state index is 0.172. The molecule has 0 bridgehead atoms. The summed E-state index contributed by atoms with van der Waals surface area (Å²) in [5.74, 6) is 0. The first-order valence-electron chi connectivity index (χ1n) is 7.29. The van der Waals surface area contributed by atoms with Crippen LogP contribution in [-0.2, 0) is 9.47 Å². The maximum absolute atomic E-state index is 12.4. The summed E-state index contributed by atoms with van der Waals surface area (Å²) in [7, 11) is 0. The van der Waals surface area contributed by atoms with Crippen LogP contribution in [0.2, 0.25) is 0 Å².